The van der Waals surface area contributed by atoms with E-state index >= 15 is 0 Å². The third-order valence-electron chi connectivity index (χ3n) is 2.29. The predicted octanol–water partition coefficient (Wildman–Crippen LogP) is 2.05. The van der Waals surface area contributed by atoms with Gasteiger partial charge in [-0.3, -0.25) is 14.8 Å². The Morgan fingerprint density at radius 1 is 1.35 bits per heavy atom. The minimum Gasteiger partial charge on any atom is -0.283 e. The first-order valence-electron chi connectivity index (χ1n) is 5.00. The number of nitrogens with zero attached hydrogens (tertiary/aromatic N) is 1. The van der Waals surface area contributed by atoms with Crippen molar-refractivity contribution in [1.29, 1.82) is 0 Å². The SMILES string of the molecule is Cc1ccc(NS(=O)(=O)C(C)C)cc1[N+](=O)[O-]. The van der Waals surface area contributed by atoms with Gasteiger partial charge in [0, 0.05) is 11.6 Å². The van der Waals surface area contributed by atoms with Crippen molar-refractivity contribution in [3.05, 3.63) is 33.9 Å². The van der Waals surface area contributed by atoms with Crippen LogP contribution in [0, 0.1) is 17.0 Å². The number of nitro groups is 1. The highest BCUT2D eigenvalue weighted by Crippen LogP contribution is 2.23. The number of rotatable bonds is 4. The van der Waals surface area contributed by atoms with E-state index in [1.807, 2.05) is 0 Å². The topological polar surface area (TPSA) is 89.3 Å². The normalized spacial score (nSPS) is 11.5. The molecule has 0 aliphatic heterocycles. The van der Waals surface area contributed by atoms with Gasteiger partial charge in [0.1, 0.15) is 0 Å². The molecule has 0 aliphatic carbocycles. The molecule has 1 rings (SSSR count). The van der Waals surface area contributed by atoms with E-state index in [2.05, 4.69) is 4.72 Å². The van der Waals surface area contributed by atoms with Gasteiger partial charge in [0.15, 0.2) is 0 Å². The van der Waals surface area contributed by atoms with Crippen molar-refractivity contribution >= 4 is 21.4 Å². The van der Waals surface area contributed by atoms with Crippen LogP contribution in [0.2, 0.25) is 0 Å². The highest BCUT2D eigenvalue weighted by molar-refractivity contribution is 7.93. The lowest BCUT2D eigenvalue weighted by Gasteiger charge is -2.10. The molecular formula is C10H14N2O4S. The molecule has 0 aliphatic rings. The summed E-state index contributed by atoms with van der Waals surface area (Å²) in [4.78, 5) is 10.2. The summed E-state index contributed by atoms with van der Waals surface area (Å²) in [5.74, 6) is 0. The third kappa shape index (κ3) is 3.16. The van der Waals surface area contributed by atoms with Gasteiger partial charge in [0.25, 0.3) is 5.69 Å². The molecule has 1 aromatic carbocycles. The van der Waals surface area contributed by atoms with E-state index in [-0.39, 0.29) is 11.4 Å². The highest BCUT2D eigenvalue weighted by Gasteiger charge is 2.18. The molecule has 0 radical (unpaired) electrons. The van der Waals surface area contributed by atoms with Gasteiger partial charge >= 0.3 is 0 Å². The molecule has 0 bridgehead atoms. The zero-order valence-corrected chi connectivity index (χ0v) is 10.6. The van der Waals surface area contributed by atoms with Crippen molar-refractivity contribution < 1.29 is 13.3 Å². The standard InChI is InChI=1S/C10H14N2O4S/c1-7(2)17(15,16)11-9-5-4-8(3)10(6-9)12(13)14/h4-7,11H,1-3H3. The van der Waals surface area contributed by atoms with Crippen LogP contribution in [-0.4, -0.2) is 18.6 Å². The summed E-state index contributed by atoms with van der Waals surface area (Å²) in [7, 11) is -3.48. The first-order chi connectivity index (χ1) is 7.74. The van der Waals surface area contributed by atoms with Crippen LogP contribution >= 0.6 is 0 Å². The smallest absolute Gasteiger partial charge is 0.274 e. The van der Waals surface area contributed by atoms with Crippen LogP contribution in [0.5, 0.6) is 0 Å². The van der Waals surface area contributed by atoms with Gasteiger partial charge in [-0.25, -0.2) is 8.42 Å². The second-order valence-electron chi connectivity index (χ2n) is 3.95. The molecule has 0 unspecified atom stereocenters. The molecule has 0 saturated heterocycles. The fourth-order valence-electron chi connectivity index (χ4n) is 1.15. The van der Waals surface area contributed by atoms with Crippen LogP contribution in [-0.2, 0) is 10.0 Å². The number of anilines is 1. The molecule has 0 heterocycles. The maximum Gasteiger partial charge on any atom is 0.274 e. The Balaban J connectivity index is 3.10. The number of sulfonamides is 1. The minimum atomic E-state index is -3.48. The van der Waals surface area contributed by atoms with E-state index in [0.717, 1.165) is 0 Å². The monoisotopic (exact) mass is 258 g/mol. The molecule has 0 fully saturated rings. The summed E-state index contributed by atoms with van der Waals surface area (Å²) in [5, 5.41) is 10.1. The van der Waals surface area contributed by atoms with Crippen molar-refractivity contribution in [2.45, 2.75) is 26.0 Å². The molecule has 0 atom stereocenters. The summed E-state index contributed by atoms with van der Waals surface area (Å²) < 4.78 is 25.5. The molecule has 0 spiro atoms. The molecule has 1 aromatic rings. The Hall–Kier alpha value is -1.63. The first-order valence-corrected chi connectivity index (χ1v) is 6.55. The third-order valence-corrected chi connectivity index (χ3v) is 4.05. The minimum absolute atomic E-state index is 0.103. The van der Waals surface area contributed by atoms with Crippen LogP contribution < -0.4 is 4.72 Å². The van der Waals surface area contributed by atoms with E-state index in [1.165, 1.54) is 32.0 Å². The van der Waals surface area contributed by atoms with Gasteiger partial charge in [-0.15, -0.1) is 0 Å². The second-order valence-corrected chi connectivity index (χ2v) is 6.19. The van der Waals surface area contributed by atoms with Crippen LogP contribution in [0.25, 0.3) is 0 Å². The molecule has 0 saturated carbocycles. The fraction of sp³-hybridized carbons (Fsp3) is 0.400. The van der Waals surface area contributed by atoms with E-state index in [0.29, 0.717) is 5.56 Å². The van der Waals surface area contributed by atoms with Gasteiger partial charge < -0.3 is 0 Å². The number of aryl methyl sites for hydroxylation is 1. The summed E-state index contributed by atoms with van der Waals surface area (Å²) in [6, 6.07) is 4.23. The zero-order chi connectivity index (χ0) is 13.2. The van der Waals surface area contributed by atoms with Crippen molar-refractivity contribution in [3.63, 3.8) is 0 Å². The molecule has 0 aromatic heterocycles. The fourth-order valence-corrected chi connectivity index (χ4v) is 1.84. The molecule has 7 heteroatoms. The molecule has 6 nitrogen and oxygen atoms in total. The number of hydrogen-bond donors (Lipinski definition) is 1. The molecule has 94 valence electrons. The number of nitro benzene ring substituents is 1. The van der Waals surface area contributed by atoms with Crippen LogP contribution in [0.3, 0.4) is 0 Å². The van der Waals surface area contributed by atoms with Gasteiger partial charge in [-0.2, -0.15) is 0 Å². The van der Waals surface area contributed by atoms with Gasteiger partial charge in [-0.05, 0) is 26.8 Å². The Morgan fingerprint density at radius 2 is 1.94 bits per heavy atom. The van der Waals surface area contributed by atoms with Gasteiger partial charge in [-0.1, -0.05) is 6.07 Å². The first kappa shape index (κ1) is 13.4. The van der Waals surface area contributed by atoms with Gasteiger partial charge in [0.2, 0.25) is 10.0 Å². The van der Waals surface area contributed by atoms with Crippen molar-refractivity contribution in [3.8, 4) is 0 Å². The predicted molar refractivity (Wildman–Crippen MR) is 65.5 cm³/mol. The molecular weight excluding hydrogens is 244 g/mol. The van der Waals surface area contributed by atoms with Crippen molar-refractivity contribution in [2.24, 2.45) is 0 Å². The Kier molecular flexibility index (Phi) is 3.72. The molecule has 0 amide bonds. The number of hydrogen-bond acceptors (Lipinski definition) is 4. The van der Waals surface area contributed by atoms with Crippen molar-refractivity contribution in [2.75, 3.05) is 4.72 Å². The summed E-state index contributed by atoms with van der Waals surface area (Å²) in [5.41, 5.74) is 0.590. The van der Waals surface area contributed by atoms with Crippen LogP contribution in [0.1, 0.15) is 19.4 Å². The lowest BCUT2D eigenvalue weighted by molar-refractivity contribution is -0.385. The Bertz CT molecular complexity index is 537. The van der Waals surface area contributed by atoms with Crippen LogP contribution in [0.15, 0.2) is 18.2 Å². The lowest BCUT2D eigenvalue weighted by Crippen LogP contribution is -2.22. The largest absolute Gasteiger partial charge is 0.283 e. The maximum atomic E-state index is 11.6. The molecule has 17 heavy (non-hydrogen) atoms. The van der Waals surface area contributed by atoms with Crippen LogP contribution in [0.4, 0.5) is 11.4 Å². The van der Waals surface area contributed by atoms with E-state index in [1.54, 1.807) is 6.92 Å². The van der Waals surface area contributed by atoms with E-state index in [9.17, 15) is 18.5 Å². The Labute approximate surface area is 99.9 Å². The van der Waals surface area contributed by atoms with E-state index < -0.39 is 20.2 Å². The summed E-state index contributed by atoms with van der Waals surface area (Å²) in [6.45, 7) is 4.66. The maximum absolute atomic E-state index is 11.6. The average Bonchev–Trinajstić information content (AvgIpc) is 2.20. The number of benzene rings is 1. The number of nitrogens with one attached hydrogen (secondary N) is 1. The highest BCUT2D eigenvalue weighted by atomic mass is 32.2. The molecule has 1 N–H and O–H groups in total. The Morgan fingerprint density at radius 3 is 2.41 bits per heavy atom. The van der Waals surface area contributed by atoms with E-state index in [4.69, 9.17) is 0 Å². The summed E-state index contributed by atoms with van der Waals surface area (Å²) >= 11 is 0. The zero-order valence-electron chi connectivity index (χ0n) is 9.80. The average molecular weight is 258 g/mol. The second kappa shape index (κ2) is 4.70. The summed E-state index contributed by atoms with van der Waals surface area (Å²) in [6.07, 6.45) is 0. The quantitative estimate of drug-likeness (QED) is 0.661. The lowest BCUT2D eigenvalue weighted by atomic mass is 10.2. The van der Waals surface area contributed by atoms with Crippen molar-refractivity contribution in [1.82, 2.24) is 0 Å². The van der Waals surface area contributed by atoms with Gasteiger partial charge in [0.05, 0.1) is 15.9 Å².